The van der Waals surface area contributed by atoms with Crippen LogP contribution in [0.3, 0.4) is 0 Å². The number of aromatic amines is 1. The SMILES string of the molecule is O=C(CC12CC3CC(CC(C3)C1)C2)Nc1cccc(-c2nc3ccccc3[nH]2)c1. The van der Waals surface area contributed by atoms with Crippen LogP contribution in [-0.4, -0.2) is 15.9 Å². The van der Waals surface area contributed by atoms with Crippen LogP contribution in [0.15, 0.2) is 48.5 Å². The van der Waals surface area contributed by atoms with E-state index in [1.54, 1.807) is 0 Å². The first-order valence-electron chi connectivity index (χ1n) is 11.0. The zero-order valence-electron chi connectivity index (χ0n) is 16.7. The van der Waals surface area contributed by atoms with Gasteiger partial charge in [0.25, 0.3) is 0 Å². The van der Waals surface area contributed by atoms with E-state index in [4.69, 9.17) is 0 Å². The fraction of sp³-hybridized carbons (Fsp3) is 0.440. The molecule has 0 aliphatic heterocycles. The molecule has 0 atom stereocenters. The van der Waals surface area contributed by atoms with Crippen LogP contribution in [-0.2, 0) is 4.79 Å². The number of fused-ring (bicyclic) bond motifs is 1. The number of hydrogen-bond acceptors (Lipinski definition) is 2. The van der Waals surface area contributed by atoms with Gasteiger partial charge in [0, 0.05) is 17.7 Å². The molecule has 0 spiro atoms. The van der Waals surface area contributed by atoms with Crippen LogP contribution in [0.25, 0.3) is 22.4 Å². The van der Waals surface area contributed by atoms with E-state index in [2.05, 4.69) is 15.3 Å². The van der Waals surface area contributed by atoms with Gasteiger partial charge in [-0.25, -0.2) is 4.98 Å². The Labute approximate surface area is 171 Å². The largest absolute Gasteiger partial charge is 0.338 e. The first-order valence-corrected chi connectivity index (χ1v) is 11.0. The maximum Gasteiger partial charge on any atom is 0.224 e. The van der Waals surface area contributed by atoms with Crippen molar-refractivity contribution in [3.8, 4) is 11.4 Å². The molecule has 4 saturated carbocycles. The zero-order chi connectivity index (χ0) is 19.4. The first-order chi connectivity index (χ1) is 14.1. The molecule has 2 N–H and O–H groups in total. The summed E-state index contributed by atoms with van der Waals surface area (Å²) in [5.74, 6) is 3.65. The van der Waals surface area contributed by atoms with Crippen LogP contribution in [0.1, 0.15) is 44.9 Å². The van der Waals surface area contributed by atoms with Crippen molar-refractivity contribution < 1.29 is 4.79 Å². The Morgan fingerprint density at radius 2 is 1.72 bits per heavy atom. The summed E-state index contributed by atoms with van der Waals surface area (Å²) in [7, 11) is 0. The molecule has 0 radical (unpaired) electrons. The molecule has 3 aromatic rings. The monoisotopic (exact) mass is 385 g/mol. The Morgan fingerprint density at radius 3 is 2.45 bits per heavy atom. The molecule has 1 aromatic heterocycles. The molecule has 4 fully saturated rings. The van der Waals surface area contributed by atoms with Crippen molar-refractivity contribution in [2.75, 3.05) is 5.32 Å². The third-order valence-corrected chi connectivity index (χ3v) is 7.51. The number of benzene rings is 2. The highest BCUT2D eigenvalue weighted by atomic mass is 16.1. The average molecular weight is 386 g/mol. The smallest absolute Gasteiger partial charge is 0.224 e. The van der Waals surface area contributed by atoms with E-state index in [1.165, 1.54) is 38.5 Å². The van der Waals surface area contributed by atoms with E-state index in [1.807, 2.05) is 48.5 Å². The van der Waals surface area contributed by atoms with E-state index < -0.39 is 0 Å². The average Bonchev–Trinajstić information content (AvgIpc) is 3.11. The molecule has 4 aliphatic carbocycles. The van der Waals surface area contributed by atoms with Crippen molar-refractivity contribution in [2.45, 2.75) is 44.9 Å². The lowest BCUT2D eigenvalue weighted by Gasteiger charge is -2.56. The molecule has 29 heavy (non-hydrogen) atoms. The predicted molar refractivity (Wildman–Crippen MR) is 115 cm³/mol. The minimum absolute atomic E-state index is 0.175. The number of nitrogens with zero attached hydrogens (tertiary/aromatic N) is 1. The Morgan fingerprint density at radius 1 is 1.00 bits per heavy atom. The molecule has 4 nitrogen and oxygen atoms in total. The van der Waals surface area contributed by atoms with Gasteiger partial charge in [-0.1, -0.05) is 24.3 Å². The summed E-state index contributed by atoms with van der Waals surface area (Å²) in [5, 5.41) is 3.18. The van der Waals surface area contributed by atoms with Crippen molar-refractivity contribution in [3.05, 3.63) is 48.5 Å². The van der Waals surface area contributed by atoms with Gasteiger partial charge in [0.2, 0.25) is 5.91 Å². The van der Waals surface area contributed by atoms with Gasteiger partial charge in [-0.3, -0.25) is 4.79 Å². The number of para-hydroxylation sites is 2. The van der Waals surface area contributed by atoms with Crippen LogP contribution in [0, 0.1) is 23.2 Å². The second kappa shape index (κ2) is 6.45. The van der Waals surface area contributed by atoms with E-state index >= 15 is 0 Å². The highest BCUT2D eigenvalue weighted by molar-refractivity contribution is 5.92. The molecule has 4 bridgehead atoms. The van der Waals surface area contributed by atoms with E-state index in [-0.39, 0.29) is 11.3 Å². The minimum Gasteiger partial charge on any atom is -0.338 e. The maximum absolute atomic E-state index is 13.0. The lowest BCUT2D eigenvalue weighted by molar-refractivity contribution is -0.124. The molecule has 1 heterocycles. The molecular formula is C25H27N3O. The third-order valence-electron chi connectivity index (χ3n) is 7.51. The Kier molecular flexibility index (Phi) is 3.84. The summed E-state index contributed by atoms with van der Waals surface area (Å²) >= 11 is 0. The predicted octanol–water partition coefficient (Wildman–Crippen LogP) is 5.77. The van der Waals surface area contributed by atoms with Crippen molar-refractivity contribution in [2.24, 2.45) is 23.2 Å². The number of carbonyl (C=O) groups is 1. The number of nitrogens with one attached hydrogen (secondary N) is 2. The fourth-order valence-electron chi connectivity index (χ4n) is 6.89. The van der Waals surface area contributed by atoms with Crippen molar-refractivity contribution >= 4 is 22.6 Å². The van der Waals surface area contributed by atoms with Crippen molar-refractivity contribution in [3.63, 3.8) is 0 Å². The van der Waals surface area contributed by atoms with E-state index in [0.29, 0.717) is 6.42 Å². The zero-order valence-corrected chi connectivity index (χ0v) is 16.7. The number of H-pyrrole nitrogens is 1. The van der Waals surface area contributed by atoms with Crippen molar-refractivity contribution in [1.82, 2.24) is 9.97 Å². The summed E-state index contributed by atoms with van der Waals surface area (Å²) in [4.78, 5) is 21.0. The van der Waals surface area contributed by atoms with E-state index in [9.17, 15) is 4.79 Å². The van der Waals surface area contributed by atoms with Crippen LogP contribution < -0.4 is 5.32 Å². The highest BCUT2D eigenvalue weighted by Gasteiger charge is 2.51. The van der Waals surface area contributed by atoms with Gasteiger partial charge in [0.1, 0.15) is 5.82 Å². The van der Waals surface area contributed by atoms with Crippen LogP contribution in [0.2, 0.25) is 0 Å². The van der Waals surface area contributed by atoms with Gasteiger partial charge in [0.05, 0.1) is 11.0 Å². The summed E-state index contributed by atoms with van der Waals surface area (Å²) in [6.07, 6.45) is 8.74. The summed E-state index contributed by atoms with van der Waals surface area (Å²) in [6, 6.07) is 16.1. The van der Waals surface area contributed by atoms with Gasteiger partial charge in [-0.2, -0.15) is 0 Å². The third kappa shape index (κ3) is 3.15. The number of amides is 1. The van der Waals surface area contributed by atoms with E-state index in [0.717, 1.165) is 45.9 Å². The van der Waals surface area contributed by atoms with Gasteiger partial charge >= 0.3 is 0 Å². The number of imidazole rings is 1. The quantitative estimate of drug-likeness (QED) is 0.598. The second-order valence-corrected chi connectivity index (χ2v) is 9.83. The minimum atomic E-state index is 0.175. The van der Waals surface area contributed by atoms with Crippen LogP contribution >= 0.6 is 0 Å². The number of aromatic nitrogens is 2. The number of carbonyl (C=O) groups excluding carboxylic acids is 1. The molecule has 1 amide bonds. The lowest BCUT2D eigenvalue weighted by atomic mass is 9.49. The topological polar surface area (TPSA) is 57.8 Å². The Bertz CT molecular complexity index is 1010. The van der Waals surface area contributed by atoms with Crippen LogP contribution in [0.5, 0.6) is 0 Å². The standard InChI is InChI=1S/C25H27N3O/c29-23(15-25-12-16-8-17(13-25)10-18(9-16)14-25)26-20-5-3-4-19(11-20)24-27-21-6-1-2-7-22(21)28-24/h1-7,11,16-18H,8-10,12-15H2,(H,26,29)(H,27,28). The van der Waals surface area contributed by atoms with Gasteiger partial charge < -0.3 is 10.3 Å². The van der Waals surface area contributed by atoms with Gasteiger partial charge in [-0.05, 0) is 86.0 Å². The summed E-state index contributed by atoms with van der Waals surface area (Å²) < 4.78 is 0. The molecule has 0 saturated heterocycles. The maximum atomic E-state index is 13.0. The molecule has 7 rings (SSSR count). The van der Waals surface area contributed by atoms with Gasteiger partial charge in [0.15, 0.2) is 0 Å². The van der Waals surface area contributed by atoms with Crippen LogP contribution in [0.4, 0.5) is 5.69 Å². The Balaban J connectivity index is 1.19. The molecule has 148 valence electrons. The first kappa shape index (κ1) is 17.3. The lowest BCUT2D eigenvalue weighted by Crippen LogP contribution is -2.47. The highest BCUT2D eigenvalue weighted by Crippen LogP contribution is 2.61. The number of hydrogen-bond donors (Lipinski definition) is 2. The number of rotatable bonds is 4. The number of anilines is 1. The molecule has 4 heteroatoms. The molecule has 2 aromatic carbocycles. The molecular weight excluding hydrogens is 358 g/mol. The van der Waals surface area contributed by atoms with Gasteiger partial charge in [-0.15, -0.1) is 0 Å². The summed E-state index contributed by atoms with van der Waals surface area (Å²) in [6.45, 7) is 0. The fourth-order valence-corrected chi connectivity index (χ4v) is 6.89. The summed E-state index contributed by atoms with van der Waals surface area (Å²) in [5.41, 5.74) is 4.11. The molecule has 0 unspecified atom stereocenters. The molecule has 4 aliphatic rings. The second-order valence-electron chi connectivity index (χ2n) is 9.83. The van der Waals surface area contributed by atoms with Crippen molar-refractivity contribution in [1.29, 1.82) is 0 Å². The Hall–Kier alpha value is -2.62. The normalized spacial score (nSPS) is 30.0.